The van der Waals surface area contributed by atoms with Gasteiger partial charge in [-0.25, -0.2) is 4.39 Å². The number of hydrogen-bond donors (Lipinski definition) is 1. The third kappa shape index (κ3) is 4.47. The van der Waals surface area contributed by atoms with Gasteiger partial charge >= 0.3 is 11.7 Å². The Hall–Kier alpha value is -1.70. The molecular formula is C11H11BrFNO5. The van der Waals surface area contributed by atoms with E-state index in [0.717, 1.165) is 12.1 Å². The van der Waals surface area contributed by atoms with Gasteiger partial charge in [0.2, 0.25) is 0 Å². The fourth-order valence-corrected chi connectivity index (χ4v) is 1.69. The molecule has 1 unspecified atom stereocenters. The monoisotopic (exact) mass is 335 g/mol. The van der Waals surface area contributed by atoms with Gasteiger partial charge in [-0.2, -0.15) is 0 Å². The molecule has 104 valence electrons. The van der Waals surface area contributed by atoms with Gasteiger partial charge in [-0.05, 0) is 29.3 Å². The number of nitro benzene ring substituents is 1. The van der Waals surface area contributed by atoms with Gasteiger partial charge in [-0.3, -0.25) is 14.9 Å². The second-order valence-corrected chi connectivity index (χ2v) is 4.71. The molecule has 0 aliphatic rings. The van der Waals surface area contributed by atoms with Crippen molar-refractivity contribution in [1.82, 2.24) is 0 Å². The van der Waals surface area contributed by atoms with Crippen LogP contribution in [0.3, 0.4) is 0 Å². The lowest BCUT2D eigenvalue weighted by molar-refractivity contribution is -0.386. The van der Waals surface area contributed by atoms with E-state index in [0.29, 0.717) is 0 Å². The van der Waals surface area contributed by atoms with Crippen molar-refractivity contribution >= 4 is 27.6 Å². The largest absolute Gasteiger partial charge is 0.484 e. The predicted octanol–water partition coefficient (Wildman–Crippen LogP) is 3.13. The highest BCUT2D eigenvalue weighted by Crippen LogP contribution is 2.33. The normalized spacial score (nSPS) is 11.9. The molecule has 0 aliphatic heterocycles. The van der Waals surface area contributed by atoms with Crippen LogP contribution in [-0.2, 0) is 4.79 Å². The van der Waals surface area contributed by atoms with Gasteiger partial charge in [-0.15, -0.1) is 0 Å². The molecule has 0 aromatic heterocycles. The van der Waals surface area contributed by atoms with E-state index in [1.807, 2.05) is 0 Å². The Morgan fingerprint density at radius 1 is 1.63 bits per heavy atom. The van der Waals surface area contributed by atoms with Crippen LogP contribution in [0.5, 0.6) is 5.75 Å². The Kier molecular flexibility index (Phi) is 5.22. The van der Waals surface area contributed by atoms with Gasteiger partial charge in [0.1, 0.15) is 5.82 Å². The number of hydrogen-bond acceptors (Lipinski definition) is 4. The van der Waals surface area contributed by atoms with Crippen molar-refractivity contribution in [2.45, 2.75) is 25.9 Å². The van der Waals surface area contributed by atoms with Crippen molar-refractivity contribution in [3.05, 3.63) is 32.5 Å². The topological polar surface area (TPSA) is 89.7 Å². The fourth-order valence-electron chi connectivity index (χ4n) is 1.36. The smallest absolute Gasteiger partial charge is 0.312 e. The number of ether oxygens (including phenoxy) is 1. The van der Waals surface area contributed by atoms with Crippen LogP contribution in [0.2, 0.25) is 0 Å². The van der Waals surface area contributed by atoms with Crippen molar-refractivity contribution in [2.24, 2.45) is 0 Å². The number of benzene rings is 1. The van der Waals surface area contributed by atoms with Gasteiger partial charge < -0.3 is 9.84 Å². The summed E-state index contributed by atoms with van der Waals surface area (Å²) in [6.45, 7) is 1.56. The van der Waals surface area contributed by atoms with Crippen LogP contribution in [0.15, 0.2) is 16.6 Å². The Morgan fingerprint density at radius 3 is 2.79 bits per heavy atom. The van der Waals surface area contributed by atoms with E-state index in [1.54, 1.807) is 6.92 Å². The second-order valence-electron chi connectivity index (χ2n) is 3.85. The molecule has 0 spiro atoms. The zero-order chi connectivity index (χ0) is 14.6. The summed E-state index contributed by atoms with van der Waals surface area (Å²) in [6.07, 6.45) is -0.534. The predicted molar refractivity (Wildman–Crippen MR) is 67.7 cm³/mol. The van der Waals surface area contributed by atoms with E-state index in [2.05, 4.69) is 15.9 Å². The lowest BCUT2D eigenvalue weighted by Crippen LogP contribution is -2.14. The minimum absolute atomic E-state index is 0.0373. The zero-order valence-corrected chi connectivity index (χ0v) is 11.5. The molecule has 6 nitrogen and oxygen atoms in total. The van der Waals surface area contributed by atoms with Crippen LogP contribution in [0.1, 0.15) is 19.8 Å². The first-order valence-electron chi connectivity index (χ1n) is 5.33. The highest BCUT2D eigenvalue weighted by molar-refractivity contribution is 9.10. The lowest BCUT2D eigenvalue weighted by Gasteiger charge is -2.14. The van der Waals surface area contributed by atoms with Gasteiger partial charge in [0, 0.05) is 18.6 Å². The Balaban J connectivity index is 2.90. The Labute approximate surface area is 116 Å². The van der Waals surface area contributed by atoms with Crippen molar-refractivity contribution in [3.63, 3.8) is 0 Å². The maximum absolute atomic E-state index is 13.3. The molecule has 8 heteroatoms. The summed E-state index contributed by atoms with van der Waals surface area (Å²) in [5, 5.41) is 19.3. The molecule has 1 atom stereocenters. The number of nitrogens with zero attached hydrogens (tertiary/aromatic N) is 1. The van der Waals surface area contributed by atoms with E-state index >= 15 is 0 Å². The SMILES string of the molecule is CC(CCC(=O)O)Oc1cc(F)c(Br)cc1[N+](=O)[O-]. The number of halogens is 2. The average molecular weight is 336 g/mol. The summed E-state index contributed by atoms with van der Waals surface area (Å²) in [5.74, 6) is -1.90. The molecule has 1 aromatic carbocycles. The van der Waals surface area contributed by atoms with Gasteiger partial charge in [0.25, 0.3) is 0 Å². The number of rotatable bonds is 6. The van der Waals surface area contributed by atoms with Crippen molar-refractivity contribution in [2.75, 3.05) is 0 Å². The molecule has 1 aromatic rings. The van der Waals surface area contributed by atoms with Gasteiger partial charge in [-0.1, -0.05) is 0 Å². The number of carbonyl (C=O) groups is 1. The molecule has 0 saturated heterocycles. The summed E-state index contributed by atoms with van der Waals surface area (Å²) >= 11 is 2.85. The maximum Gasteiger partial charge on any atom is 0.312 e. The molecule has 0 amide bonds. The molecule has 0 bridgehead atoms. The summed E-state index contributed by atoms with van der Waals surface area (Å²) < 4.78 is 18.5. The minimum Gasteiger partial charge on any atom is -0.484 e. The second kappa shape index (κ2) is 6.46. The van der Waals surface area contributed by atoms with Crippen molar-refractivity contribution in [3.8, 4) is 5.75 Å². The van der Waals surface area contributed by atoms with Crippen LogP contribution >= 0.6 is 15.9 Å². The van der Waals surface area contributed by atoms with Crippen LogP contribution in [0.4, 0.5) is 10.1 Å². The minimum atomic E-state index is -0.994. The van der Waals surface area contributed by atoms with Crippen molar-refractivity contribution in [1.29, 1.82) is 0 Å². The third-order valence-electron chi connectivity index (χ3n) is 2.29. The molecule has 19 heavy (non-hydrogen) atoms. The molecule has 0 aliphatic carbocycles. The van der Waals surface area contributed by atoms with E-state index in [1.165, 1.54) is 0 Å². The first kappa shape index (κ1) is 15.4. The van der Waals surface area contributed by atoms with Crippen molar-refractivity contribution < 1.29 is 24.0 Å². The number of nitro groups is 1. The number of carboxylic acids is 1. The highest BCUT2D eigenvalue weighted by atomic mass is 79.9. The molecule has 0 fully saturated rings. The van der Waals surface area contributed by atoms with E-state index in [4.69, 9.17) is 9.84 Å². The lowest BCUT2D eigenvalue weighted by atomic mass is 10.2. The van der Waals surface area contributed by atoms with Crippen LogP contribution in [0, 0.1) is 15.9 Å². The van der Waals surface area contributed by atoms with Crippen LogP contribution in [-0.4, -0.2) is 22.1 Å². The Bertz CT molecular complexity index is 508. The molecule has 0 radical (unpaired) electrons. The summed E-state index contributed by atoms with van der Waals surface area (Å²) in [7, 11) is 0. The molecule has 0 heterocycles. The number of aliphatic carboxylic acids is 1. The first-order chi connectivity index (χ1) is 8.81. The summed E-state index contributed by atoms with van der Waals surface area (Å²) in [5.41, 5.74) is -0.379. The summed E-state index contributed by atoms with van der Waals surface area (Å²) in [6, 6.07) is 1.91. The molecule has 0 saturated carbocycles. The summed E-state index contributed by atoms with van der Waals surface area (Å²) in [4.78, 5) is 20.5. The average Bonchev–Trinajstić information content (AvgIpc) is 2.30. The third-order valence-corrected chi connectivity index (χ3v) is 2.90. The molecular weight excluding hydrogens is 325 g/mol. The standard InChI is InChI=1S/C11H11BrFNO5/c1-6(2-3-11(15)16)19-10-5-8(13)7(12)4-9(10)14(17)18/h4-6H,2-3H2,1H3,(H,15,16). The van der Waals surface area contributed by atoms with Crippen LogP contribution in [0.25, 0.3) is 0 Å². The molecule has 1 rings (SSSR count). The number of carboxylic acid groups (broad SMARTS) is 1. The zero-order valence-electron chi connectivity index (χ0n) is 9.93. The fraction of sp³-hybridized carbons (Fsp3) is 0.364. The highest BCUT2D eigenvalue weighted by Gasteiger charge is 2.21. The van der Waals surface area contributed by atoms with Crippen LogP contribution < -0.4 is 4.74 Å². The Morgan fingerprint density at radius 2 is 2.26 bits per heavy atom. The first-order valence-corrected chi connectivity index (χ1v) is 6.12. The quantitative estimate of drug-likeness (QED) is 0.637. The maximum atomic E-state index is 13.3. The van der Waals surface area contributed by atoms with Gasteiger partial charge in [0.05, 0.1) is 15.5 Å². The van der Waals surface area contributed by atoms with E-state index in [-0.39, 0.29) is 28.8 Å². The van der Waals surface area contributed by atoms with Gasteiger partial charge in [0.15, 0.2) is 5.75 Å². The molecule has 1 N–H and O–H groups in total. The van der Waals surface area contributed by atoms with E-state index < -0.39 is 22.8 Å². The van der Waals surface area contributed by atoms with E-state index in [9.17, 15) is 19.3 Å².